The van der Waals surface area contributed by atoms with Crippen LogP contribution in [0.25, 0.3) is 5.57 Å². The van der Waals surface area contributed by atoms with Crippen molar-refractivity contribution in [2.45, 2.75) is 25.7 Å². The molecule has 0 amide bonds. The second-order valence-corrected chi connectivity index (χ2v) is 6.15. The Labute approximate surface area is 132 Å². The zero-order valence-electron chi connectivity index (χ0n) is 13.2. The number of hydrogen-bond donors (Lipinski definition) is 0. The third kappa shape index (κ3) is 2.55. The summed E-state index contributed by atoms with van der Waals surface area (Å²) in [6.45, 7) is 8.81. The van der Waals surface area contributed by atoms with Crippen LogP contribution in [0.1, 0.15) is 31.4 Å². The highest BCUT2D eigenvalue weighted by molar-refractivity contribution is 5.90. The van der Waals surface area contributed by atoms with E-state index in [1.165, 1.54) is 22.3 Å². The Balaban J connectivity index is 1.83. The molecule has 0 heterocycles. The Bertz CT molecular complexity index is 748. The van der Waals surface area contributed by atoms with Crippen molar-refractivity contribution in [3.63, 3.8) is 0 Å². The monoisotopic (exact) mass is 287 g/mol. The minimum Gasteiger partial charge on any atom is -0.261 e. The fourth-order valence-corrected chi connectivity index (χ4v) is 3.00. The maximum Gasteiger partial charge on any atom is 0.0625 e. The van der Waals surface area contributed by atoms with Crippen molar-refractivity contribution >= 4 is 17.5 Å². The predicted octanol–water partition coefficient (Wildman–Crippen LogP) is 5.71. The number of rotatable bonds is 3. The van der Waals surface area contributed by atoms with Gasteiger partial charge in [-0.25, -0.2) is 0 Å². The summed E-state index contributed by atoms with van der Waals surface area (Å²) in [5.41, 5.74) is 6.14. The van der Waals surface area contributed by atoms with E-state index in [2.05, 4.69) is 55.8 Å². The molecule has 1 nitrogen and oxygen atoms in total. The van der Waals surface area contributed by atoms with Crippen molar-refractivity contribution in [1.29, 1.82) is 0 Å². The molecule has 0 spiro atoms. The minimum absolute atomic E-state index is 0.0129. The van der Waals surface area contributed by atoms with Crippen LogP contribution in [0.15, 0.2) is 77.8 Å². The summed E-state index contributed by atoms with van der Waals surface area (Å²) in [6, 6.07) is 18.6. The van der Waals surface area contributed by atoms with E-state index in [0.29, 0.717) is 0 Å². The van der Waals surface area contributed by atoms with E-state index in [-0.39, 0.29) is 5.41 Å². The molecule has 22 heavy (non-hydrogen) atoms. The average Bonchev–Trinajstić information content (AvgIpc) is 2.73. The molecule has 0 saturated carbocycles. The molecule has 110 valence electrons. The molecule has 3 rings (SSSR count). The molecule has 0 unspecified atom stereocenters. The molecule has 0 saturated heterocycles. The highest BCUT2D eigenvalue weighted by Gasteiger charge is 2.35. The van der Waals surface area contributed by atoms with Crippen LogP contribution in [0.5, 0.6) is 0 Å². The molecule has 0 fully saturated rings. The van der Waals surface area contributed by atoms with Crippen molar-refractivity contribution < 1.29 is 0 Å². The first-order valence-electron chi connectivity index (χ1n) is 7.68. The zero-order valence-corrected chi connectivity index (χ0v) is 13.2. The standard InChI is InChI=1S/C21H21N/c1-16-18(13-9-15-22-17-10-5-4-6-11-17)19-12-7-8-14-20(19)21(16,2)3/h4-8,10-15H,1,9H2,2-3H3/b18-13+,22-15?. The second kappa shape index (κ2) is 5.76. The van der Waals surface area contributed by atoms with E-state index < -0.39 is 0 Å². The molecule has 1 aliphatic carbocycles. The maximum atomic E-state index is 4.49. The highest BCUT2D eigenvalue weighted by atomic mass is 14.7. The minimum atomic E-state index is 0.0129. The largest absolute Gasteiger partial charge is 0.261 e. The van der Waals surface area contributed by atoms with Gasteiger partial charge < -0.3 is 0 Å². The van der Waals surface area contributed by atoms with Crippen LogP contribution < -0.4 is 0 Å². The lowest BCUT2D eigenvalue weighted by Crippen LogP contribution is -2.14. The van der Waals surface area contributed by atoms with Gasteiger partial charge in [0.15, 0.2) is 0 Å². The van der Waals surface area contributed by atoms with Gasteiger partial charge in [-0.3, -0.25) is 4.99 Å². The van der Waals surface area contributed by atoms with Crippen molar-refractivity contribution in [2.75, 3.05) is 0 Å². The molecule has 2 aromatic rings. The zero-order chi connectivity index (χ0) is 15.6. The third-order valence-corrected chi connectivity index (χ3v) is 4.39. The Morgan fingerprint density at radius 2 is 1.68 bits per heavy atom. The molecular weight excluding hydrogens is 266 g/mol. The Hall–Kier alpha value is -2.41. The molecule has 2 aromatic carbocycles. The van der Waals surface area contributed by atoms with Crippen molar-refractivity contribution in [3.05, 3.63) is 84.0 Å². The van der Waals surface area contributed by atoms with Gasteiger partial charge in [0.2, 0.25) is 0 Å². The first-order valence-corrected chi connectivity index (χ1v) is 7.68. The smallest absolute Gasteiger partial charge is 0.0625 e. The van der Waals surface area contributed by atoms with Crippen molar-refractivity contribution in [1.82, 2.24) is 0 Å². The van der Waals surface area contributed by atoms with E-state index >= 15 is 0 Å². The van der Waals surface area contributed by atoms with Gasteiger partial charge in [0.05, 0.1) is 5.69 Å². The van der Waals surface area contributed by atoms with Crippen molar-refractivity contribution in [3.8, 4) is 0 Å². The number of nitrogens with zero attached hydrogens (tertiary/aromatic N) is 1. The van der Waals surface area contributed by atoms with E-state index in [1.807, 2.05) is 36.5 Å². The lowest BCUT2D eigenvalue weighted by atomic mass is 9.83. The fraction of sp³-hybridized carbons (Fsp3) is 0.190. The fourth-order valence-electron chi connectivity index (χ4n) is 3.00. The van der Waals surface area contributed by atoms with Crippen LogP contribution >= 0.6 is 0 Å². The number of aliphatic imine (C=N–C) groups is 1. The lowest BCUT2D eigenvalue weighted by Gasteiger charge is -2.20. The normalized spacial score (nSPS) is 18.1. The molecule has 0 N–H and O–H groups in total. The molecule has 0 aliphatic heterocycles. The van der Waals surface area contributed by atoms with Gasteiger partial charge in [0.1, 0.15) is 0 Å². The molecule has 0 aromatic heterocycles. The predicted molar refractivity (Wildman–Crippen MR) is 95.8 cm³/mol. The molecule has 0 bridgehead atoms. The summed E-state index contributed by atoms with van der Waals surface area (Å²) in [6.07, 6.45) is 5.01. The quantitative estimate of drug-likeness (QED) is 0.641. The van der Waals surface area contributed by atoms with E-state index in [1.54, 1.807) is 0 Å². The van der Waals surface area contributed by atoms with Gasteiger partial charge in [0.25, 0.3) is 0 Å². The van der Waals surface area contributed by atoms with Gasteiger partial charge in [-0.1, -0.05) is 69.0 Å². The summed E-state index contributed by atoms with van der Waals surface area (Å²) in [5, 5.41) is 0. The Morgan fingerprint density at radius 1 is 1.00 bits per heavy atom. The van der Waals surface area contributed by atoms with Crippen LogP contribution in [0, 0.1) is 0 Å². The number of para-hydroxylation sites is 1. The average molecular weight is 287 g/mol. The topological polar surface area (TPSA) is 12.4 Å². The summed E-state index contributed by atoms with van der Waals surface area (Å²) in [4.78, 5) is 4.49. The van der Waals surface area contributed by atoms with E-state index in [0.717, 1.165) is 12.1 Å². The lowest BCUT2D eigenvalue weighted by molar-refractivity contribution is 0.663. The molecule has 0 radical (unpaired) electrons. The van der Waals surface area contributed by atoms with Gasteiger partial charge in [-0.15, -0.1) is 0 Å². The van der Waals surface area contributed by atoms with Crippen LogP contribution in [0.3, 0.4) is 0 Å². The summed E-state index contributed by atoms with van der Waals surface area (Å²) in [5.74, 6) is 0. The summed E-state index contributed by atoms with van der Waals surface area (Å²) < 4.78 is 0. The van der Waals surface area contributed by atoms with Crippen LogP contribution in [0.2, 0.25) is 0 Å². The number of fused-ring (bicyclic) bond motifs is 1. The summed E-state index contributed by atoms with van der Waals surface area (Å²) in [7, 11) is 0. The number of allylic oxidation sites excluding steroid dienone is 3. The van der Waals surface area contributed by atoms with Crippen LogP contribution in [-0.2, 0) is 5.41 Å². The van der Waals surface area contributed by atoms with Gasteiger partial charge >= 0.3 is 0 Å². The molecule has 1 heteroatoms. The number of hydrogen-bond acceptors (Lipinski definition) is 1. The van der Waals surface area contributed by atoms with Crippen LogP contribution in [-0.4, -0.2) is 6.21 Å². The molecular formula is C21H21N. The van der Waals surface area contributed by atoms with E-state index in [9.17, 15) is 0 Å². The molecule has 0 atom stereocenters. The van der Waals surface area contributed by atoms with Gasteiger partial charge in [0, 0.05) is 18.1 Å². The maximum absolute atomic E-state index is 4.49. The first-order chi connectivity index (χ1) is 10.6. The van der Waals surface area contributed by atoms with Crippen LogP contribution in [0.4, 0.5) is 5.69 Å². The SMILES string of the molecule is C=C1/C(=C\CC=Nc2ccccc2)c2ccccc2C1(C)C. The third-order valence-electron chi connectivity index (χ3n) is 4.39. The van der Waals surface area contributed by atoms with Gasteiger partial charge in [-0.2, -0.15) is 0 Å². The second-order valence-electron chi connectivity index (χ2n) is 6.15. The first kappa shape index (κ1) is 14.5. The summed E-state index contributed by atoms with van der Waals surface area (Å²) >= 11 is 0. The Kier molecular flexibility index (Phi) is 3.81. The van der Waals surface area contributed by atoms with Crippen molar-refractivity contribution in [2.24, 2.45) is 4.99 Å². The Morgan fingerprint density at radius 3 is 2.45 bits per heavy atom. The van der Waals surface area contributed by atoms with E-state index in [4.69, 9.17) is 0 Å². The highest BCUT2D eigenvalue weighted by Crippen LogP contribution is 2.48. The number of benzene rings is 2. The van der Waals surface area contributed by atoms with Gasteiger partial charge in [-0.05, 0) is 34.4 Å². The molecule has 1 aliphatic rings.